The van der Waals surface area contributed by atoms with Crippen LogP contribution >= 0.6 is 0 Å². The molecule has 1 fully saturated rings. The lowest BCUT2D eigenvalue weighted by Crippen LogP contribution is -2.61. The van der Waals surface area contributed by atoms with E-state index in [-0.39, 0.29) is 0 Å². The summed E-state index contributed by atoms with van der Waals surface area (Å²) in [6.45, 7) is -1.35. The van der Waals surface area contributed by atoms with Gasteiger partial charge in [-0.05, 0) is 17.7 Å². The van der Waals surface area contributed by atoms with Gasteiger partial charge in [-0.2, -0.15) is 39.5 Å². The summed E-state index contributed by atoms with van der Waals surface area (Å²) in [7, 11) is 0. The highest BCUT2D eigenvalue weighted by Crippen LogP contribution is 2.51. The number of nitrogens with zero attached hydrogens (tertiary/aromatic N) is 1. The Kier molecular flexibility index (Phi) is 5.68. The molecule has 0 bridgehead atoms. The minimum Gasteiger partial charge on any atom is -0.372 e. The Morgan fingerprint density at radius 2 is 1.41 bits per heavy atom. The fourth-order valence-electron chi connectivity index (χ4n) is 2.55. The van der Waals surface area contributed by atoms with Crippen LogP contribution in [0.2, 0.25) is 0 Å². The molecule has 0 N–H and O–H groups in total. The highest BCUT2D eigenvalue weighted by molar-refractivity contribution is 5.21. The summed E-state index contributed by atoms with van der Waals surface area (Å²) >= 11 is 0. The monoisotopic (exact) mass is 415 g/mol. The molecule has 2 atom stereocenters. The third kappa shape index (κ3) is 4.28. The molecule has 2 rings (SSSR count). The Hall–Kier alpha value is -1.63. The largest absolute Gasteiger partial charge is 0.434 e. The predicted octanol–water partition coefficient (Wildman–Crippen LogP) is 4.78. The van der Waals surface area contributed by atoms with Crippen LogP contribution in [0.3, 0.4) is 0 Å². The summed E-state index contributed by atoms with van der Waals surface area (Å²) in [5.74, 6) is 0. The molecule has 0 saturated carbocycles. The maximum atomic E-state index is 14.2. The fourth-order valence-corrected chi connectivity index (χ4v) is 2.55. The number of alkyl halides is 10. The van der Waals surface area contributed by atoms with E-state index in [0.29, 0.717) is 12.3 Å². The molecule has 3 nitrogen and oxygen atoms in total. The summed E-state index contributed by atoms with van der Waals surface area (Å²) in [5, 5.41) is 0. The standard InChI is InChI=1S/C14H11F10NO2/c15-11(13(19,20)21,14(22,23)24)10-6-8(26-3-4-27-10)7-1-2-25-9(5-7)12(16,17)18/h1-2,5,8,10H,3-4,6H2. The first kappa shape index (κ1) is 21.7. The van der Waals surface area contributed by atoms with E-state index in [4.69, 9.17) is 4.74 Å². The molecule has 1 aliphatic rings. The molecule has 0 amide bonds. The van der Waals surface area contributed by atoms with Crippen LogP contribution < -0.4 is 0 Å². The van der Waals surface area contributed by atoms with Gasteiger partial charge in [0, 0.05) is 12.6 Å². The molecule has 0 aromatic carbocycles. The minimum atomic E-state index is -6.36. The number of hydrogen-bond acceptors (Lipinski definition) is 3. The SMILES string of the molecule is FC(F)(F)c1cc(C2CC(C(F)(C(F)(F)F)C(F)(F)F)OCCO2)ccn1. The molecule has 0 radical (unpaired) electrons. The molecule has 0 spiro atoms. The van der Waals surface area contributed by atoms with E-state index in [1.807, 2.05) is 0 Å². The summed E-state index contributed by atoms with van der Waals surface area (Å²) in [4.78, 5) is 3.03. The van der Waals surface area contributed by atoms with Crippen molar-refractivity contribution in [1.29, 1.82) is 0 Å². The van der Waals surface area contributed by atoms with Crippen LogP contribution in [0.25, 0.3) is 0 Å². The maximum Gasteiger partial charge on any atom is 0.434 e. The molecule has 0 aliphatic carbocycles. The first-order valence-corrected chi connectivity index (χ1v) is 7.26. The van der Waals surface area contributed by atoms with E-state index in [0.717, 1.165) is 6.07 Å². The van der Waals surface area contributed by atoms with Gasteiger partial charge in [0.25, 0.3) is 0 Å². The number of rotatable bonds is 2. The molecule has 13 heteroatoms. The molecule has 2 unspecified atom stereocenters. The van der Waals surface area contributed by atoms with E-state index in [1.54, 1.807) is 0 Å². The number of ether oxygens (including phenoxy) is 2. The molecule has 27 heavy (non-hydrogen) atoms. The van der Waals surface area contributed by atoms with E-state index < -0.39 is 67.3 Å². The maximum absolute atomic E-state index is 14.2. The van der Waals surface area contributed by atoms with Gasteiger partial charge in [0.15, 0.2) is 0 Å². The molecule has 154 valence electrons. The minimum absolute atomic E-state index is 0.403. The van der Waals surface area contributed by atoms with Crippen LogP contribution in [-0.4, -0.2) is 42.3 Å². The van der Waals surface area contributed by atoms with Gasteiger partial charge in [-0.15, -0.1) is 0 Å². The Morgan fingerprint density at radius 3 is 1.93 bits per heavy atom. The lowest BCUT2D eigenvalue weighted by molar-refractivity contribution is -0.368. The van der Waals surface area contributed by atoms with Crippen molar-refractivity contribution in [2.45, 2.75) is 42.8 Å². The second kappa shape index (κ2) is 7.08. The number of halogens is 10. The predicted molar refractivity (Wildman–Crippen MR) is 68.2 cm³/mol. The van der Waals surface area contributed by atoms with Gasteiger partial charge in [-0.1, -0.05) is 0 Å². The molecule has 1 aromatic heterocycles. The topological polar surface area (TPSA) is 31.4 Å². The lowest BCUT2D eigenvalue weighted by Gasteiger charge is -2.36. The van der Waals surface area contributed by atoms with Crippen LogP contribution in [0.15, 0.2) is 18.3 Å². The Bertz CT molecular complexity index is 641. The van der Waals surface area contributed by atoms with Gasteiger partial charge in [0.05, 0.1) is 19.3 Å². The van der Waals surface area contributed by atoms with E-state index in [9.17, 15) is 43.9 Å². The second-order valence-corrected chi connectivity index (χ2v) is 5.63. The average molecular weight is 415 g/mol. The molecular weight excluding hydrogens is 404 g/mol. The van der Waals surface area contributed by atoms with Crippen LogP contribution in [0.4, 0.5) is 43.9 Å². The van der Waals surface area contributed by atoms with E-state index in [1.165, 1.54) is 0 Å². The van der Waals surface area contributed by atoms with Crippen LogP contribution in [0, 0.1) is 0 Å². The van der Waals surface area contributed by atoms with Crippen molar-refractivity contribution in [2.75, 3.05) is 13.2 Å². The third-order valence-corrected chi connectivity index (χ3v) is 3.86. The molecule has 1 aliphatic heterocycles. The van der Waals surface area contributed by atoms with Gasteiger partial charge < -0.3 is 9.47 Å². The van der Waals surface area contributed by atoms with Crippen LogP contribution in [0.5, 0.6) is 0 Å². The van der Waals surface area contributed by atoms with Crippen molar-refractivity contribution in [3.8, 4) is 0 Å². The van der Waals surface area contributed by atoms with Crippen molar-refractivity contribution in [2.24, 2.45) is 0 Å². The average Bonchev–Trinajstić information content (AvgIpc) is 2.77. The zero-order chi connectivity index (χ0) is 20.7. The number of hydrogen-bond donors (Lipinski definition) is 0. The first-order chi connectivity index (χ1) is 12.2. The molecule has 1 saturated heterocycles. The number of pyridine rings is 1. The zero-order valence-corrected chi connectivity index (χ0v) is 13.1. The van der Waals surface area contributed by atoms with Gasteiger partial charge >= 0.3 is 24.2 Å². The second-order valence-electron chi connectivity index (χ2n) is 5.63. The van der Waals surface area contributed by atoms with Gasteiger partial charge in [-0.25, -0.2) is 4.39 Å². The van der Waals surface area contributed by atoms with Crippen molar-refractivity contribution in [3.63, 3.8) is 0 Å². The Labute approximate surface area is 145 Å². The molecular formula is C14H11F10NO2. The van der Waals surface area contributed by atoms with Crippen molar-refractivity contribution >= 4 is 0 Å². The number of aromatic nitrogens is 1. The van der Waals surface area contributed by atoms with Crippen molar-refractivity contribution in [3.05, 3.63) is 29.6 Å². The van der Waals surface area contributed by atoms with Gasteiger partial charge in [-0.3, -0.25) is 4.98 Å². The van der Waals surface area contributed by atoms with Crippen LogP contribution in [-0.2, 0) is 15.7 Å². The van der Waals surface area contributed by atoms with Crippen molar-refractivity contribution in [1.82, 2.24) is 4.98 Å². The zero-order valence-electron chi connectivity index (χ0n) is 13.1. The van der Waals surface area contributed by atoms with Gasteiger partial charge in [0.1, 0.15) is 11.8 Å². The first-order valence-electron chi connectivity index (χ1n) is 7.26. The van der Waals surface area contributed by atoms with E-state index in [2.05, 4.69) is 9.72 Å². The summed E-state index contributed by atoms with van der Waals surface area (Å²) in [6, 6.07) is 1.33. The highest BCUT2D eigenvalue weighted by Gasteiger charge is 2.76. The van der Waals surface area contributed by atoms with E-state index >= 15 is 0 Å². The fraction of sp³-hybridized carbons (Fsp3) is 0.643. The van der Waals surface area contributed by atoms with Gasteiger partial charge in [0.2, 0.25) is 0 Å². The third-order valence-electron chi connectivity index (χ3n) is 3.86. The normalized spacial score (nSPS) is 23.2. The van der Waals surface area contributed by atoms with Crippen molar-refractivity contribution < 1.29 is 53.4 Å². The Balaban J connectivity index is 2.40. The summed E-state index contributed by atoms with van der Waals surface area (Å²) in [6.07, 6.45) is -23.0. The molecule has 1 aromatic rings. The smallest absolute Gasteiger partial charge is 0.372 e. The molecule has 2 heterocycles. The quantitative estimate of drug-likeness (QED) is 0.652. The Morgan fingerprint density at radius 1 is 0.852 bits per heavy atom. The summed E-state index contributed by atoms with van der Waals surface area (Å²) in [5.41, 5.74) is -7.55. The van der Waals surface area contributed by atoms with Crippen LogP contribution in [0.1, 0.15) is 23.8 Å². The lowest BCUT2D eigenvalue weighted by atomic mass is 9.90. The summed E-state index contributed by atoms with van der Waals surface area (Å²) < 4.78 is 139. The highest BCUT2D eigenvalue weighted by atomic mass is 19.4.